The molecular weight excluding hydrogens is 739 g/mol. The Balaban J connectivity index is 0.000000201. The minimum absolute atomic E-state index is 0.0648. The van der Waals surface area contributed by atoms with E-state index in [1.54, 1.807) is 28.0 Å². The second-order valence-corrected chi connectivity index (χ2v) is 14.6. The Kier molecular flexibility index (Phi) is 11.2. The van der Waals surface area contributed by atoms with Crippen LogP contribution < -0.4 is 11.5 Å². The molecule has 6 heterocycles. The van der Waals surface area contributed by atoms with E-state index in [4.69, 9.17) is 11.5 Å². The van der Waals surface area contributed by atoms with Crippen molar-refractivity contribution in [3.8, 4) is 21.1 Å². The molecule has 3 amide bonds. The van der Waals surface area contributed by atoms with E-state index < -0.39 is 29.8 Å². The van der Waals surface area contributed by atoms with Crippen molar-refractivity contribution in [3.05, 3.63) is 68.9 Å². The van der Waals surface area contributed by atoms with Crippen LogP contribution in [-0.2, 0) is 17.1 Å². The van der Waals surface area contributed by atoms with Gasteiger partial charge in [0, 0.05) is 48.9 Å². The molecule has 2 aliphatic rings. The van der Waals surface area contributed by atoms with Crippen LogP contribution in [0.1, 0.15) is 67.7 Å². The number of piperidine rings is 2. The highest BCUT2D eigenvalue weighted by atomic mass is 32.1. The lowest BCUT2D eigenvalue weighted by Gasteiger charge is -2.32. The second-order valence-electron chi connectivity index (χ2n) is 12.5. The van der Waals surface area contributed by atoms with E-state index in [0.717, 1.165) is 35.5 Å². The van der Waals surface area contributed by atoms with E-state index in [2.05, 4.69) is 25.9 Å². The van der Waals surface area contributed by atoms with Gasteiger partial charge < -0.3 is 30.3 Å². The topological polar surface area (TPSA) is 162 Å². The fraction of sp³-hybridized carbons (Fsp3) is 0.424. The molecule has 6 rings (SSSR count). The normalized spacial score (nSPS) is 18.2. The molecule has 0 unspecified atom stereocenters. The van der Waals surface area contributed by atoms with Crippen molar-refractivity contribution < 1.29 is 49.8 Å². The number of aromatic nitrogens is 2. The maximum atomic E-state index is 12.8. The second kappa shape index (κ2) is 15.1. The van der Waals surface area contributed by atoms with Gasteiger partial charge in [-0.05, 0) is 63.8 Å². The maximum Gasteiger partial charge on any atom is 0.452 e. The lowest BCUT2D eigenvalue weighted by molar-refractivity contribution is -0.156. The number of amides is 3. The molecule has 0 spiro atoms. The number of thiophene rings is 2. The highest BCUT2D eigenvalue weighted by molar-refractivity contribution is 7.17. The average molecular weight is 773 g/mol. The highest BCUT2D eigenvalue weighted by Gasteiger charge is 2.40. The molecule has 4 N–H and O–H groups in total. The number of primary amides is 1. The van der Waals surface area contributed by atoms with Crippen LogP contribution in [0.15, 0.2) is 45.6 Å². The van der Waals surface area contributed by atoms with Crippen molar-refractivity contribution >= 4 is 40.4 Å². The lowest BCUT2D eigenvalue weighted by atomic mass is 9.95. The Morgan fingerprint density at radius 3 is 1.52 bits per heavy atom. The number of rotatable bonds is 6. The molecule has 2 aliphatic heterocycles. The predicted molar refractivity (Wildman–Crippen MR) is 179 cm³/mol. The molecule has 0 aromatic carbocycles. The maximum absolute atomic E-state index is 12.8. The van der Waals surface area contributed by atoms with Gasteiger partial charge in [-0.25, -0.2) is 0 Å². The monoisotopic (exact) mass is 772 g/mol. The van der Waals surface area contributed by atoms with Crippen LogP contribution in [0.25, 0.3) is 21.1 Å². The zero-order valence-electron chi connectivity index (χ0n) is 27.9. The predicted octanol–water partition coefficient (Wildman–Crippen LogP) is 7.12. The van der Waals surface area contributed by atoms with Gasteiger partial charge in [-0.1, -0.05) is 16.9 Å². The van der Waals surface area contributed by atoms with Crippen molar-refractivity contribution in [2.75, 3.05) is 26.2 Å². The molecule has 52 heavy (non-hydrogen) atoms. The summed E-state index contributed by atoms with van der Waals surface area (Å²) in [5, 5.41) is 7.04. The van der Waals surface area contributed by atoms with Crippen LogP contribution in [0.2, 0.25) is 0 Å². The Morgan fingerprint density at radius 1 is 0.750 bits per heavy atom. The van der Waals surface area contributed by atoms with Crippen molar-refractivity contribution in [2.45, 2.75) is 51.9 Å². The first-order valence-electron chi connectivity index (χ1n) is 16.0. The summed E-state index contributed by atoms with van der Waals surface area (Å²) in [5.41, 5.74) is 11.6. The van der Waals surface area contributed by atoms with Crippen LogP contribution in [0, 0.1) is 25.7 Å². The zero-order valence-corrected chi connectivity index (χ0v) is 29.5. The number of hydrogen-bond acceptors (Lipinski definition) is 10. The number of carbonyl (C=O) groups excluding carboxylic acids is 3. The highest BCUT2D eigenvalue weighted by Crippen LogP contribution is 2.40. The van der Waals surface area contributed by atoms with Crippen molar-refractivity contribution in [1.29, 1.82) is 0 Å². The standard InChI is InChI=1S/C17H18F3N3O2S.C16H16F3N3O3S/c1-9-14(22-25-15(9)17(18,19)20)12-5-6-13(26-12)16(24)23-7-3-4-11(8-23)10(2)21;1-8-12(21-25-13(8)16(17,18)19)10-4-5-11(26-10)15(24)22-6-2-3-9(7-22)14(20)23/h5-6,11H,2-4,7-8,21H2,1H3;4-5,9H,2-3,6-7H2,1H3,(H2,20,23)/t11-;9-/m10/s1. The van der Waals surface area contributed by atoms with Gasteiger partial charge in [0.2, 0.25) is 17.4 Å². The number of halogens is 6. The third-order valence-corrected chi connectivity index (χ3v) is 11.0. The fourth-order valence-corrected chi connectivity index (χ4v) is 8.01. The molecule has 4 aromatic rings. The molecule has 0 saturated carbocycles. The first-order valence-corrected chi connectivity index (χ1v) is 17.6. The van der Waals surface area contributed by atoms with Crippen LogP contribution in [-0.4, -0.2) is 64.0 Å². The third kappa shape index (κ3) is 8.35. The van der Waals surface area contributed by atoms with Gasteiger partial charge in [-0.3, -0.25) is 14.4 Å². The van der Waals surface area contributed by atoms with Crippen LogP contribution in [0.3, 0.4) is 0 Å². The molecule has 19 heteroatoms. The zero-order chi connectivity index (χ0) is 38.1. The summed E-state index contributed by atoms with van der Waals surface area (Å²) in [6, 6.07) is 6.27. The Labute approximate surface area is 301 Å². The van der Waals surface area contributed by atoms with Gasteiger partial charge in [0.05, 0.1) is 25.4 Å². The molecule has 2 saturated heterocycles. The molecule has 0 bridgehead atoms. The molecule has 4 aromatic heterocycles. The first kappa shape index (κ1) is 38.6. The summed E-state index contributed by atoms with van der Waals surface area (Å²) < 4.78 is 85.9. The summed E-state index contributed by atoms with van der Waals surface area (Å²) in [6.07, 6.45) is -6.17. The molecule has 280 valence electrons. The van der Waals surface area contributed by atoms with Crippen LogP contribution >= 0.6 is 22.7 Å². The number of likely N-dealkylation sites (tertiary alicyclic amines) is 2. The van der Waals surface area contributed by atoms with E-state index in [0.29, 0.717) is 57.7 Å². The third-order valence-electron chi connectivity index (χ3n) is 8.81. The van der Waals surface area contributed by atoms with E-state index in [9.17, 15) is 40.7 Å². The van der Waals surface area contributed by atoms with Gasteiger partial charge in [0.15, 0.2) is 0 Å². The largest absolute Gasteiger partial charge is 0.452 e. The summed E-state index contributed by atoms with van der Waals surface area (Å²) >= 11 is 2.14. The molecule has 0 radical (unpaired) electrons. The average Bonchev–Trinajstić information content (AvgIpc) is 3.90. The minimum atomic E-state index is -4.62. The van der Waals surface area contributed by atoms with E-state index in [1.165, 1.54) is 19.9 Å². The minimum Gasteiger partial charge on any atom is -0.402 e. The number of nitrogens with two attached hydrogens (primary N) is 2. The van der Waals surface area contributed by atoms with Gasteiger partial charge in [-0.2, -0.15) is 26.3 Å². The smallest absolute Gasteiger partial charge is 0.402 e. The van der Waals surface area contributed by atoms with Crippen molar-refractivity contribution in [1.82, 2.24) is 20.1 Å². The summed E-state index contributed by atoms with van der Waals surface area (Å²) in [4.78, 5) is 41.6. The summed E-state index contributed by atoms with van der Waals surface area (Å²) in [6.45, 7) is 8.22. The van der Waals surface area contributed by atoms with Gasteiger partial charge in [-0.15, -0.1) is 22.7 Å². The first-order chi connectivity index (χ1) is 24.4. The number of alkyl halides is 6. The summed E-state index contributed by atoms with van der Waals surface area (Å²) in [5.74, 6) is -3.44. The number of hydrogen-bond donors (Lipinski definition) is 2. The van der Waals surface area contributed by atoms with E-state index in [-0.39, 0.29) is 52.7 Å². The Hall–Kier alpha value is -4.65. The van der Waals surface area contributed by atoms with Gasteiger partial charge >= 0.3 is 12.4 Å². The van der Waals surface area contributed by atoms with E-state index >= 15 is 0 Å². The van der Waals surface area contributed by atoms with Crippen LogP contribution in [0.4, 0.5) is 26.3 Å². The van der Waals surface area contributed by atoms with E-state index in [1.807, 2.05) is 0 Å². The lowest BCUT2D eigenvalue weighted by Crippen LogP contribution is -2.43. The molecular formula is C33H34F6N6O5S2. The number of nitrogens with zero attached hydrogens (tertiary/aromatic N) is 4. The molecule has 0 aliphatic carbocycles. The number of carbonyl (C=O) groups is 3. The van der Waals surface area contributed by atoms with Crippen molar-refractivity contribution in [3.63, 3.8) is 0 Å². The molecule has 11 nitrogen and oxygen atoms in total. The van der Waals surface area contributed by atoms with Crippen LogP contribution in [0.5, 0.6) is 0 Å². The van der Waals surface area contributed by atoms with Crippen molar-refractivity contribution in [2.24, 2.45) is 23.3 Å². The fourth-order valence-electron chi connectivity index (χ4n) is 5.99. The Bertz CT molecular complexity index is 1820. The SMILES string of the molecule is C=C(N)[C@@H]1CCCN(C(=O)c2ccc(-c3noc(C(F)(F)F)c3C)s2)C1.Cc1c(-c2ccc(C(=O)N3CCC[C@H](C(N)=O)C3)s2)noc1C(F)(F)F. The summed E-state index contributed by atoms with van der Waals surface area (Å²) in [7, 11) is 0. The van der Waals surface area contributed by atoms with Gasteiger partial charge in [0.1, 0.15) is 11.4 Å². The van der Waals surface area contributed by atoms with Gasteiger partial charge in [0.25, 0.3) is 11.8 Å². The molecule has 2 fully saturated rings. The Morgan fingerprint density at radius 2 is 1.15 bits per heavy atom. The molecule has 2 atom stereocenters. The quantitative estimate of drug-likeness (QED) is 0.196.